The molecule has 0 aliphatic carbocycles. The number of ether oxygens (including phenoxy) is 1. The molecular weight excluding hydrogens is 353 g/mol. The van der Waals surface area contributed by atoms with Crippen LogP contribution in [0.1, 0.15) is 5.56 Å². The molecule has 1 atom stereocenters. The molecule has 0 heterocycles. The summed E-state index contributed by atoms with van der Waals surface area (Å²) in [7, 11) is 0. The summed E-state index contributed by atoms with van der Waals surface area (Å²) >= 11 is 0. The van der Waals surface area contributed by atoms with E-state index in [9.17, 15) is 27.9 Å². The van der Waals surface area contributed by atoms with Gasteiger partial charge in [0.2, 0.25) is 0 Å². The summed E-state index contributed by atoms with van der Waals surface area (Å²) in [5.41, 5.74) is 0.851. The fourth-order valence-electron chi connectivity index (χ4n) is 2.11. The normalized spacial score (nSPS) is 12.1. The maximum atomic E-state index is 12.1. The second-order valence-electron chi connectivity index (χ2n) is 5.23. The highest BCUT2D eigenvalue weighted by Gasteiger charge is 2.30. The Morgan fingerprint density at radius 3 is 2.19 bits per heavy atom. The minimum absolute atomic E-state index is 0.0228. The third-order valence-electron chi connectivity index (χ3n) is 3.22. The van der Waals surface area contributed by atoms with Crippen LogP contribution in [-0.2, 0) is 11.2 Å². The number of carboxylic acids is 1. The predicted molar refractivity (Wildman–Crippen MR) is 84.2 cm³/mol. The highest BCUT2D eigenvalue weighted by Crippen LogP contribution is 2.23. The predicted octanol–water partition coefficient (Wildman–Crippen LogP) is 2.07. The van der Waals surface area contributed by atoms with E-state index in [1.165, 1.54) is 12.1 Å². The van der Waals surface area contributed by atoms with Crippen LogP contribution < -0.4 is 20.5 Å². The molecule has 0 aromatic heterocycles. The van der Waals surface area contributed by atoms with E-state index in [1.54, 1.807) is 30.3 Å². The fourth-order valence-corrected chi connectivity index (χ4v) is 2.11. The summed E-state index contributed by atoms with van der Waals surface area (Å²) in [6, 6.07) is 10.9. The highest BCUT2D eigenvalue weighted by atomic mass is 19.4. The van der Waals surface area contributed by atoms with Crippen molar-refractivity contribution in [3.8, 4) is 5.75 Å². The van der Waals surface area contributed by atoms with Gasteiger partial charge >= 0.3 is 12.4 Å². The van der Waals surface area contributed by atoms with E-state index in [4.69, 9.17) is 0 Å². The quantitative estimate of drug-likeness (QED) is 0.818. The fraction of sp³-hybridized carbons (Fsp3) is 0.176. The number of nitrogens with one attached hydrogen (secondary N) is 2. The SMILES string of the molecule is O=C(Nc1ccc(OC(F)(F)F)cc1)N[C@@H](Cc1ccccc1)C(=O)[O-]. The van der Waals surface area contributed by atoms with Gasteiger partial charge in [-0.25, -0.2) is 4.79 Å². The standard InChI is InChI=1S/C17H15F3N2O4/c18-17(19,20)26-13-8-6-12(7-9-13)21-16(25)22-14(15(23)24)10-11-4-2-1-3-5-11/h1-9,14H,10H2,(H,23,24)(H2,21,22,25)/p-1/t14-/m0/s1. The molecule has 2 amide bonds. The van der Waals surface area contributed by atoms with Crippen LogP contribution in [0.3, 0.4) is 0 Å². The molecule has 0 bridgehead atoms. The van der Waals surface area contributed by atoms with Crippen molar-refractivity contribution in [1.29, 1.82) is 0 Å². The van der Waals surface area contributed by atoms with Gasteiger partial charge in [-0.05, 0) is 36.2 Å². The lowest BCUT2D eigenvalue weighted by Gasteiger charge is -2.20. The van der Waals surface area contributed by atoms with Gasteiger partial charge in [0.25, 0.3) is 0 Å². The van der Waals surface area contributed by atoms with Crippen LogP contribution in [0.5, 0.6) is 5.75 Å². The third-order valence-corrected chi connectivity index (χ3v) is 3.22. The molecule has 2 aromatic carbocycles. The number of benzene rings is 2. The van der Waals surface area contributed by atoms with Crippen molar-refractivity contribution in [1.82, 2.24) is 5.32 Å². The Kier molecular flexibility index (Phi) is 6.05. The van der Waals surface area contributed by atoms with Gasteiger partial charge in [-0.15, -0.1) is 13.2 Å². The number of halogens is 3. The van der Waals surface area contributed by atoms with Crippen LogP contribution in [0.15, 0.2) is 54.6 Å². The Balaban J connectivity index is 1.94. The number of aliphatic carboxylic acids is 1. The Labute approximate surface area is 146 Å². The van der Waals surface area contributed by atoms with Crippen LogP contribution >= 0.6 is 0 Å². The number of carbonyl (C=O) groups excluding carboxylic acids is 2. The summed E-state index contributed by atoms with van der Waals surface area (Å²) < 4.78 is 40.0. The molecule has 0 aliphatic heterocycles. The second kappa shape index (κ2) is 8.24. The first-order chi connectivity index (χ1) is 12.2. The number of alkyl halides is 3. The van der Waals surface area contributed by atoms with E-state index >= 15 is 0 Å². The lowest BCUT2D eigenvalue weighted by Crippen LogP contribution is -2.50. The molecule has 0 saturated carbocycles. The van der Waals surface area contributed by atoms with Gasteiger partial charge in [-0.1, -0.05) is 30.3 Å². The molecule has 0 radical (unpaired) electrons. The van der Waals surface area contributed by atoms with Gasteiger partial charge in [0, 0.05) is 5.69 Å². The molecular formula is C17H14F3N2O4-. The molecule has 0 unspecified atom stereocenters. The number of anilines is 1. The van der Waals surface area contributed by atoms with Crippen molar-refractivity contribution in [3.63, 3.8) is 0 Å². The zero-order valence-electron chi connectivity index (χ0n) is 13.2. The molecule has 0 spiro atoms. The minimum atomic E-state index is -4.81. The lowest BCUT2D eigenvalue weighted by molar-refractivity contribution is -0.308. The van der Waals surface area contributed by atoms with Crippen LogP contribution in [0, 0.1) is 0 Å². The first-order valence-electron chi connectivity index (χ1n) is 7.41. The lowest BCUT2D eigenvalue weighted by atomic mass is 10.1. The largest absolute Gasteiger partial charge is 0.573 e. The van der Waals surface area contributed by atoms with E-state index < -0.39 is 30.2 Å². The molecule has 138 valence electrons. The Bertz CT molecular complexity index is 749. The van der Waals surface area contributed by atoms with Crippen LogP contribution in [0.2, 0.25) is 0 Å². The molecule has 0 fully saturated rings. The smallest absolute Gasteiger partial charge is 0.548 e. The summed E-state index contributed by atoms with van der Waals surface area (Å²) in [6.45, 7) is 0. The second-order valence-corrected chi connectivity index (χ2v) is 5.23. The molecule has 2 N–H and O–H groups in total. The van der Waals surface area contributed by atoms with Gasteiger partial charge in [0.1, 0.15) is 5.75 Å². The topological polar surface area (TPSA) is 90.5 Å². The summed E-state index contributed by atoms with van der Waals surface area (Å²) in [5.74, 6) is -1.90. The van der Waals surface area contributed by atoms with Gasteiger partial charge in [0.05, 0.1) is 12.0 Å². The number of carbonyl (C=O) groups is 2. The first-order valence-corrected chi connectivity index (χ1v) is 7.41. The Morgan fingerprint density at radius 1 is 1.04 bits per heavy atom. The molecule has 2 aromatic rings. The maximum absolute atomic E-state index is 12.1. The zero-order valence-corrected chi connectivity index (χ0v) is 13.2. The van der Waals surface area contributed by atoms with E-state index in [1.807, 2.05) is 0 Å². The van der Waals surface area contributed by atoms with Crippen molar-refractivity contribution in [2.75, 3.05) is 5.32 Å². The maximum Gasteiger partial charge on any atom is 0.573 e. The number of hydrogen-bond acceptors (Lipinski definition) is 4. The zero-order chi connectivity index (χ0) is 19.2. The summed E-state index contributed by atoms with van der Waals surface area (Å²) in [5, 5.41) is 15.8. The van der Waals surface area contributed by atoms with E-state index in [0.717, 1.165) is 12.1 Å². The van der Waals surface area contributed by atoms with Gasteiger partial charge < -0.3 is 25.3 Å². The third kappa shape index (κ3) is 6.34. The average molecular weight is 367 g/mol. The minimum Gasteiger partial charge on any atom is -0.548 e. The van der Waals surface area contributed by atoms with Gasteiger partial charge in [-0.3, -0.25) is 0 Å². The number of carboxylic acid groups (broad SMARTS) is 1. The van der Waals surface area contributed by atoms with Crippen LogP contribution in [0.25, 0.3) is 0 Å². The van der Waals surface area contributed by atoms with Crippen molar-refractivity contribution in [2.24, 2.45) is 0 Å². The Hall–Kier alpha value is -3.23. The van der Waals surface area contributed by atoms with Gasteiger partial charge in [0.15, 0.2) is 0 Å². The van der Waals surface area contributed by atoms with Gasteiger partial charge in [-0.2, -0.15) is 0 Å². The molecule has 9 heteroatoms. The van der Waals surface area contributed by atoms with Crippen molar-refractivity contribution in [3.05, 3.63) is 60.2 Å². The molecule has 26 heavy (non-hydrogen) atoms. The molecule has 2 rings (SSSR count). The molecule has 0 saturated heterocycles. The van der Waals surface area contributed by atoms with E-state index in [0.29, 0.717) is 5.56 Å². The van der Waals surface area contributed by atoms with Crippen molar-refractivity contribution >= 4 is 17.7 Å². The molecule has 0 aliphatic rings. The number of amides is 2. The summed E-state index contributed by atoms with van der Waals surface area (Å²) in [6.07, 6.45) is -4.79. The first kappa shape index (κ1) is 19.1. The number of rotatable bonds is 6. The monoisotopic (exact) mass is 367 g/mol. The number of hydrogen-bond donors (Lipinski definition) is 2. The Morgan fingerprint density at radius 2 is 1.65 bits per heavy atom. The van der Waals surface area contributed by atoms with E-state index in [2.05, 4.69) is 15.4 Å². The average Bonchev–Trinajstić information content (AvgIpc) is 2.55. The van der Waals surface area contributed by atoms with Crippen molar-refractivity contribution < 1.29 is 32.6 Å². The summed E-state index contributed by atoms with van der Waals surface area (Å²) in [4.78, 5) is 23.1. The highest BCUT2D eigenvalue weighted by molar-refractivity contribution is 5.92. The molecule has 6 nitrogen and oxygen atoms in total. The van der Waals surface area contributed by atoms with Crippen LogP contribution in [0.4, 0.5) is 23.7 Å². The van der Waals surface area contributed by atoms with E-state index in [-0.39, 0.29) is 12.1 Å². The van der Waals surface area contributed by atoms with Crippen LogP contribution in [-0.4, -0.2) is 24.4 Å². The van der Waals surface area contributed by atoms with Crippen molar-refractivity contribution in [2.45, 2.75) is 18.8 Å². The number of urea groups is 1.